The first-order valence-electron chi connectivity index (χ1n) is 10.6. The van der Waals surface area contributed by atoms with Gasteiger partial charge >= 0.3 is 12.1 Å². The Morgan fingerprint density at radius 1 is 1.31 bits per heavy atom. The molecule has 0 radical (unpaired) electrons. The van der Waals surface area contributed by atoms with Crippen LogP contribution in [0.2, 0.25) is 0 Å². The van der Waals surface area contributed by atoms with Gasteiger partial charge in [0.1, 0.15) is 29.9 Å². The summed E-state index contributed by atoms with van der Waals surface area (Å²) in [5, 5.41) is 7.48. The van der Waals surface area contributed by atoms with Gasteiger partial charge in [0.25, 0.3) is 11.8 Å². The third kappa shape index (κ3) is 5.79. The number of carbonyl (C=O) groups excluding carboxylic acids is 4. The van der Waals surface area contributed by atoms with Gasteiger partial charge in [-0.3, -0.25) is 14.5 Å². The van der Waals surface area contributed by atoms with Gasteiger partial charge in [-0.05, 0) is 19.4 Å². The van der Waals surface area contributed by atoms with Crippen LogP contribution >= 0.6 is 23.1 Å². The highest BCUT2D eigenvalue weighted by molar-refractivity contribution is 8.00. The van der Waals surface area contributed by atoms with Crippen molar-refractivity contribution in [3.63, 3.8) is 0 Å². The number of nitrogens with two attached hydrogens (primary N) is 1. The van der Waals surface area contributed by atoms with E-state index in [-0.39, 0.29) is 22.2 Å². The van der Waals surface area contributed by atoms with Crippen molar-refractivity contribution in [3.8, 4) is 0 Å². The third-order valence-electron chi connectivity index (χ3n) is 4.75. The number of aromatic nitrogens is 1. The maximum atomic E-state index is 13.0. The van der Waals surface area contributed by atoms with Crippen LogP contribution < -0.4 is 11.1 Å². The van der Waals surface area contributed by atoms with Gasteiger partial charge in [0.15, 0.2) is 10.8 Å². The van der Waals surface area contributed by atoms with Gasteiger partial charge in [-0.2, -0.15) is 0 Å². The van der Waals surface area contributed by atoms with Crippen LogP contribution in [0.25, 0.3) is 0 Å². The first-order valence-corrected chi connectivity index (χ1v) is 12.5. The molecular weight excluding hydrogens is 514 g/mol. The molecule has 1 saturated heterocycles. The smallest absolute Gasteiger partial charge is 0.431 e. The number of β-lactam (4-membered cyclic amide) rings is 1. The zero-order valence-corrected chi connectivity index (χ0v) is 21.5. The van der Waals surface area contributed by atoms with Crippen LogP contribution in [-0.2, 0) is 33.4 Å². The topological polar surface area (TPSA) is 172 Å². The molecule has 3 N–H and O–H groups in total. The van der Waals surface area contributed by atoms with E-state index in [0.717, 1.165) is 11.3 Å². The molecule has 1 unspecified atom stereocenters. The van der Waals surface area contributed by atoms with Gasteiger partial charge in [0.05, 0.1) is 6.10 Å². The number of nitrogen functional groups attached to an aromatic ring is 1. The van der Waals surface area contributed by atoms with E-state index < -0.39 is 47.7 Å². The molecule has 0 bridgehead atoms. The number of rotatable bonds is 9. The number of amides is 2. The summed E-state index contributed by atoms with van der Waals surface area (Å²) in [5.74, 6) is -1.82. The number of oxime groups is 1. The molecule has 2 aliphatic heterocycles. The zero-order chi connectivity index (χ0) is 26.6. The lowest BCUT2D eigenvalue weighted by molar-refractivity contribution is -0.169. The number of thiazole rings is 1. The molecule has 0 saturated carbocycles. The zero-order valence-electron chi connectivity index (χ0n) is 19.9. The highest BCUT2D eigenvalue weighted by Crippen LogP contribution is 2.41. The van der Waals surface area contributed by atoms with E-state index in [9.17, 15) is 19.2 Å². The Kier molecular flexibility index (Phi) is 8.57. The van der Waals surface area contributed by atoms with Crippen LogP contribution in [0, 0.1) is 0 Å². The van der Waals surface area contributed by atoms with E-state index in [1.54, 1.807) is 13.8 Å². The van der Waals surface area contributed by atoms with Crippen molar-refractivity contribution in [3.05, 3.63) is 35.0 Å². The maximum absolute atomic E-state index is 13.0. The van der Waals surface area contributed by atoms with Crippen LogP contribution in [0.4, 0.5) is 9.93 Å². The van der Waals surface area contributed by atoms with Crippen LogP contribution in [0.15, 0.2) is 34.5 Å². The van der Waals surface area contributed by atoms with E-state index in [0.29, 0.717) is 11.3 Å². The van der Waals surface area contributed by atoms with Gasteiger partial charge < -0.3 is 30.1 Å². The normalized spacial score (nSPS) is 20.2. The second-order valence-corrected chi connectivity index (χ2v) is 9.63. The molecule has 36 heavy (non-hydrogen) atoms. The second kappa shape index (κ2) is 11.4. The Morgan fingerprint density at radius 2 is 2.03 bits per heavy atom. The van der Waals surface area contributed by atoms with Crippen LogP contribution in [0.1, 0.15) is 26.5 Å². The van der Waals surface area contributed by atoms with Crippen molar-refractivity contribution in [1.29, 1.82) is 0 Å². The number of nitrogens with zero attached hydrogens (tertiary/aromatic N) is 3. The number of anilines is 1. The monoisotopic (exact) mass is 539 g/mol. The number of esters is 1. The van der Waals surface area contributed by atoms with Crippen molar-refractivity contribution < 1.29 is 38.2 Å². The number of hydrogen-bond acceptors (Lipinski definition) is 13. The van der Waals surface area contributed by atoms with Gasteiger partial charge in [-0.1, -0.05) is 17.8 Å². The molecule has 1 fully saturated rings. The molecule has 0 aliphatic carbocycles. The fourth-order valence-corrected chi connectivity index (χ4v) is 5.16. The van der Waals surface area contributed by atoms with Gasteiger partial charge in [0, 0.05) is 18.1 Å². The average Bonchev–Trinajstić information content (AvgIpc) is 3.24. The first kappa shape index (κ1) is 27.0. The van der Waals surface area contributed by atoms with Gasteiger partial charge in [-0.15, -0.1) is 23.1 Å². The number of allylic oxidation sites excluding steroid dienone is 1. The number of carbonyl (C=O) groups is 4. The molecule has 3 atom stereocenters. The molecule has 13 nitrogen and oxygen atoms in total. The fourth-order valence-electron chi connectivity index (χ4n) is 3.28. The predicted molar refractivity (Wildman–Crippen MR) is 131 cm³/mol. The molecule has 0 aromatic carbocycles. The van der Waals surface area contributed by atoms with Crippen LogP contribution in [0.5, 0.6) is 0 Å². The van der Waals surface area contributed by atoms with Gasteiger partial charge in [-0.25, -0.2) is 14.6 Å². The molecule has 0 spiro atoms. The fraction of sp³-hybridized carbons (Fsp3) is 0.429. The minimum atomic E-state index is -1.28. The Labute approximate surface area is 214 Å². The highest BCUT2D eigenvalue weighted by Gasteiger charge is 2.54. The minimum absolute atomic E-state index is 0.0463. The molecule has 15 heteroatoms. The van der Waals surface area contributed by atoms with E-state index >= 15 is 0 Å². The van der Waals surface area contributed by atoms with Crippen LogP contribution in [-0.4, -0.2) is 76.2 Å². The maximum Gasteiger partial charge on any atom is 0.511 e. The second-order valence-electron chi connectivity index (χ2n) is 7.64. The number of thioether (sulfide) groups is 1. The predicted octanol–water partition coefficient (Wildman–Crippen LogP) is 1.37. The lowest BCUT2D eigenvalue weighted by atomic mass is 10.0. The van der Waals surface area contributed by atoms with E-state index in [2.05, 4.69) is 22.0 Å². The van der Waals surface area contributed by atoms with E-state index in [1.165, 1.54) is 42.2 Å². The van der Waals surface area contributed by atoms with Crippen molar-refractivity contribution in [2.45, 2.75) is 44.6 Å². The molecule has 2 amide bonds. The summed E-state index contributed by atoms with van der Waals surface area (Å²) >= 11 is 2.44. The third-order valence-corrected chi connectivity index (χ3v) is 6.73. The average molecular weight is 540 g/mol. The largest absolute Gasteiger partial charge is 0.511 e. The van der Waals surface area contributed by atoms with Crippen molar-refractivity contribution >= 4 is 57.9 Å². The van der Waals surface area contributed by atoms with E-state index in [1.807, 2.05) is 0 Å². The summed E-state index contributed by atoms with van der Waals surface area (Å²) in [6.45, 7) is 8.31. The van der Waals surface area contributed by atoms with Crippen molar-refractivity contribution in [1.82, 2.24) is 15.2 Å². The molecule has 2 aliphatic rings. The SMILES string of the molecule is C=CC1=C(C(=O)OC(C)OC(=O)OC(C)C)N2C(=O)[C@@H](NC(=O)/C(=N\OC)c3csc(N)n3)[C@H]2SC1. The Hall–Kier alpha value is -3.59. The number of ether oxygens (including phenoxy) is 3. The lowest BCUT2D eigenvalue weighted by Gasteiger charge is -2.49. The summed E-state index contributed by atoms with van der Waals surface area (Å²) in [7, 11) is 1.27. The summed E-state index contributed by atoms with van der Waals surface area (Å²) in [6.07, 6.45) is -1.26. The summed E-state index contributed by atoms with van der Waals surface area (Å²) in [6, 6.07) is -0.954. The molecule has 3 rings (SSSR count). The summed E-state index contributed by atoms with van der Waals surface area (Å²) < 4.78 is 15.0. The molecule has 3 heterocycles. The Balaban J connectivity index is 1.72. The summed E-state index contributed by atoms with van der Waals surface area (Å²) in [4.78, 5) is 60.5. The lowest BCUT2D eigenvalue weighted by Crippen LogP contribution is -2.71. The minimum Gasteiger partial charge on any atom is -0.431 e. The number of fused-ring (bicyclic) bond motifs is 1. The Bertz CT molecular complexity index is 1130. The molecule has 194 valence electrons. The highest BCUT2D eigenvalue weighted by atomic mass is 32.2. The molecule has 1 aromatic rings. The van der Waals surface area contributed by atoms with Crippen molar-refractivity contribution in [2.24, 2.45) is 5.16 Å². The van der Waals surface area contributed by atoms with Crippen molar-refractivity contribution in [2.75, 3.05) is 18.6 Å². The number of nitrogens with one attached hydrogen (secondary N) is 1. The standard InChI is InChI=1S/C21H25N5O8S2/c1-6-11-7-35-18-14(24-16(27)13(25-31-5)12-8-36-20(22)23-12)17(28)26(18)15(11)19(29)33-10(4)34-21(30)32-9(2)3/h6,8-10,14,18H,1,7H2,2-5H3,(H2,22,23)(H,24,27)/b25-13-/t10?,14-,18-/m1/s1. The van der Waals surface area contributed by atoms with E-state index in [4.69, 9.17) is 24.8 Å². The first-order chi connectivity index (χ1) is 17.1. The van der Waals surface area contributed by atoms with Crippen LogP contribution in [0.3, 0.4) is 0 Å². The molecular formula is C21H25N5O8S2. The van der Waals surface area contributed by atoms with Gasteiger partial charge in [0.2, 0.25) is 6.29 Å². The quantitative estimate of drug-likeness (QED) is 0.153. The number of hydrogen-bond donors (Lipinski definition) is 2. The molecule has 1 aromatic heterocycles. The summed E-state index contributed by atoms with van der Waals surface area (Å²) in [5.41, 5.74) is 6.09. The Morgan fingerprint density at radius 3 is 2.61 bits per heavy atom.